The standard InChI is InChI=1S/C22H18ClN3/c1-15-7-5-10-17(25-15)14-24-20-13-21(23)26-19-12-6-11-18(22(19)20)16-8-3-2-4-9-16/h2-13H,14H2,1H3,(H,24,26). The van der Waals surface area contributed by atoms with E-state index in [0.717, 1.165) is 39.1 Å². The molecule has 0 radical (unpaired) electrons. The van der Waals surface area contributed by atoms with Gasteiger partial charge in [-0.25, -0.2) is 4.98 Å². The van der Waals surface area contributed by atoms with Crippen molar-refractivity contribution < 1.29 is 0 Å². The molecule has 0 aliphatic carbocycles. The Morgan fingerprint density at radius 2 is 1.69 bits per heavy atom. The number of benzene rings is 2. The molecule has 0 fully saturated rings. The molecular formula is C22H18ClN3. The summed E-state index contributed by atoms with van der Waals surface area (Å²) in [5.74, 6) is 0. The van der Waals surface area contributed by atoms with E-state index in [1.165, 1.54) is 0 Å². The largest absolute Gasteiger partial charge is 0.379 e. The summed E-state index contributed by atoms with van der Waals surface area (Å²) in [6, 6.07) is 24.4. The lowest BCUT2D eigenvalue weighted by Crippen LogP contribution is -2.03. The second-order valence-corrected chi connectivity index (χ2v) is 6.57. The lowest BCUT2D eigenvalue weighted by atomic mass is 9.99. The van der Waals surface area contributed by atoms with Gasteiger partial charge in [-0.15, -0.1) is 0 Å². The minimum absolute atomic E-state index is 0.474. The number of nitrogens with zero attached hydrogens (tertiary/aromatic N) is 2. The highest BCUT2D eigenvalue weighted by molar-refractivity contribution is 6.30. The number of nitrogens with one attached hydrogen (secondary N) is 1. The van der Waals surface area contributed by atoms with Gasteiger partial charge in [0, 0.05) is 16.8 Å². The van der Waals surface area contributed by atoms with Crippen LogP contribution >= 0.6 is 11.6 Å². The van der Waals surface area contributed by atoms with E-state index in [-0.39, 0.29) is 0 Å². The van der Waals surface area contributed by atoms with Crippen LogP contribution in [0.5, 0.6) is 0 Å². The van der Waals surface area contributed by atoms with Gasteiger partial charge in [0.05, 0.1) is 17.8 Å². The van der Waals surface area contributed by atoms with E-state index < -0.39 is 0 Å². The number of aromatic nitrogens is 2. The van der Waals surface area contributed by atoms with Crippen LogP contribution in [0.25, 0.3) is 22.0 Å². The molecule has 4 heteroatoms. The summed E-state index contributed by atoms with van der Waals surface area (Å²) in [4.78, 5) is 9.06. The molecule has 0 aliphatic rings. The van der Waals surface area contributed by atoms with Gasteiger partial charge in [-0.3, -0.25) is 4.98 Å². The van der Waals surface area contributed by atoms with E-state index >= 15 is 0 Å². The molecule has 2 aromatic carbocycles. The van der Waals surface area contributed by atoms with Crippen LogP contribution in [0.4, 0.5) is 5.69 Å². The predicted molar refractivity (Wildman–Crippen MR) is 108 cm³/mol. The highest BCUT2D eigenvalue weighted by Gasteiger charge is 2.11. The summed E-state index contributed by atoms with van der Waals surface area (Å²) in [7, 11) is 0. The second kappa shape index (κ2) is 7.14. The quantitative estimate of drug-likeness (QED) is 0.463. The minimum Gasteiger partial charge on any atom is -0.379 e. The number of halogens is 1. The lowest BCUT2D eigenvalue weighted by Gasteiger charge is -2.14. The van der Waals surface area contributed by atoms with Gasteiger partial charge in [-0.2, -0.15) is 0 Å². The topological polar surface area (TPSA) is 37.8 Å². The monoisotopic (exact) mass is 359 g/mol. The zero-order chi connectivity index (χ0) is 17.9. The Bertz CT molecular complexity index is 1060. The van der Waals surface area contributed by atoms with E-state index in [1.807, 2.05) is 61.5 Å². The van der Waals surface area contributed by atoms with Crippen LogP contribution < -0.4 is 5.32 Å². The molecule has 26 heavy (non-hydrogen) atoms. The van der Waals surface area contributed by atoms with E-state index in [9.17, 15) is 0 Å². The van der Waals surface area contributed by atoms with Crippen molar-refractivity contribution in [2.24, 2.45) is 0 Å². The zero-order valence-electron chi connectivity index (χ0n) is 14.4. The summed E-state index contributed by atoms with van der Waals surface area (Å²) >= 11 is 6.26. The SMILES string of the molecule is Cc1cccc(CNc2cc(Cl)nc3cccc(-c4ccccc4)c23)n1. The van der Waals surface area contributed by atoms with Crippen LogP contribution in [0.3, 0.4) is 0 Å². The number of anilines is 1. The van der Waals surface area contributed by atoms with Crippen molar-refractivity contribution >= 4 is 28.2 Å². The Morgan fingerprint density at radius 3 is 2.50 bits per heavy atom. The summed E-state index contributed by atoms with van der Waals surface area (Å²) in [6.45, 7) is 2.62. The molecule has 0 aliphatic heterocycles. The first-order chi connectivity index (χ1) is 12.7. The first-order valence-corrected chi connectivity index (χ1v) is 8.89. The fraction of sp³-hybridized carbons (Fsp3) is 0.0909. The summed E-state index contributed by atoms with van der Waals surface area (Å²) < 4.78 is 0. The Labute approximate surface area is 157 Å². The molecule has 4 rings (SSSR count). The minimum atomic E-state index is 0.474. The Kier molecular flexibility index (Phi) is 4.55. The van der Waals surface area contributed by atoms with Crippen LogP contribution in [-0.2, 0) is 6.54 Å². The van der Waals surface area contributed by atoms with Gasteiger partial charge < -0.3 is 5.32 Å². The third kappa shape index (κ3) is 3.39. The molecule has 0 unspecified atom stereocenters. The summed E-state index contributed by atoms with van der Waals surface area (Å²) in [5.41, 5.74) is 6.11. The molecule has 0 atom stereocenters. The van der Waals surface area contributed by atoms with Crippen LogP contribution in [0.15, 0.2) is 72.8 Å². The Hall–Kier alpha value is -2.91. The summed E-state index contributed by atoms with van der Waals surface area (Å²) in [5, 5.41) is 5.04. The predicted octanol–water partition coefficient (Wildman–Crippen LogP) is 5.87. The van der Waals surface area contributed by atoms with Gasteiger partial charge in [-0.1, -0.05) is 60.1 Å². The van der Waals surface area contributed by atoms with E-state index in [4.69, 9.17) is 11.6 Å². The number of pyridine rings is 2. The molecule has 0 bridgehead atoms. The average molecular weight is 360 g/mol. The van der Waals surface area contributed by atoms with Crippen LogP contribution in [-0.4, -0.2) is 9.97 Å². The number of rotatable bonds is 4. The van der Waals surface area contributed by atoms with Crippen LogP contribution in [0, 0.1) is 6.92 Å². The molecule has 1 N–H and O–H groups in total. The Balaban J connectivity index is 1.80. The van der Waals surface area contributed by atoms with Crippen molar-refractivity contribution in [2.75, 3.05) is 5.32 Å². The fourth-order valence-electron chi connectivity index (χ4n) is 3.14. The molecule has 3 nitrogen and oxygen atoms in total. The molecule has 0 spiro atoms. The van der Waals surface area contributed by atoms with E-state index in [1.54, 1.807) is 0 Å². The van der Waals surface area contributed by atoms with Crippen LogP contribution in [0.1, 0.15) is 11.4 Å². The molecule has 128 valence electrons. The molecule has 0 saturated heterocycles. The first-order valence-electron chi connectivity index (χ1n) is 8.52. The van der Waals surface area contributed by atoms with Crippen molar-refractivity contribution in [1.82, 2.24) is 9.97 Å². The van der Waals surface area contributed by atoms with Gasteiger partial charge in [0.2, 0.25) is 0 Å². The number of hydrogen-bond acceptors (Lipinski definition) is 3. The number of fused-ring (bicyclic) bond motifs is 1. The van der Waals surface area contributed by atoms with E-state index in [2.05, 4.69) is 33.5 Å². The maximum absolute atomic E-state index is 6.26. The van der Waals surface area contributed by atoms with Crippen molar-refractivity contribution in [2.45, 2.75) is 13.5 Å². The zero-order valence-corrected chi connectivity index (χ0v) is 15.2. The van der Waals surface area contributed by atoms with Crippen molar-refractivity contribution in [3.63, 3.8) is 0 Å². The molecular weight excluding hydrogens is 342 g/mol. The van der Waals surface area contributed by atoms with Crippen LogP contribution in [0.2, 0.25) is 5.15 Å². The molecule has 0 saturated carbocycles. The summed E-state index contributed by atoms with van der Waals surface area (Å²) in [6.07, 6.45) is 0. The second-order valence-electron chi connectivity index (χ2n) is 6.18. The van der Waals surface area contributed by atoms with Crippen molar-refractivity contribution in [3.8, 4) is 11.1 Å². The normalized spacial score (nSPS) is 10.8. The smallest absolute Gasteiger partial charge is 0.131 e. The molecule has 2 aromatic heterocycles. The molecule has 0 amide bonds. The average Bonchev–Trinajstić information content (AvgIpc) is 2.66. The van der Waals surface area contributed by atoms with Gasteiger partial charge in [0.1, 0.15) is 5.15 Å². The number of hydrogen-bond donors (Lipinski definition) is 1. The Morgan fingerprint density at radius 1 is 0.885 bits per heavy atom. The van der Waals surface area contributed by atoms with Crippen molar-refractivity contribution in [1.29, 1.82) is 0 Å². The highest BCUT2D eigenvalue weighted by atomic mass is 35.5. The third-order valence-electron chi connectivity index (χ3n) is 4.29. The molecule has 4 aromatic rings. The van der Waals surface area contributed by atoms with Crippen molar-refractivity contribution in [3.05, 3.63) is 89.3 Å². The maximum Gasteiger partial charge on any atom is 0.131 e. The fourth-order valence-corrected chi connectivity index (χ4v) is 3.34. The van der Waals surface area contributed by atoms with Gasteiger partial charge in [0.25, 0.3) is 0 Å². The maximum atomic E-state index is 6.26. The molecule has 2 heterocycles. The van der Waals surface area contributed by atoms with Gasteiger partial charge in [0.15, 0.2) is 0 Å². The van der Waals surface area contributed by atoms with Gasteiger partial charge >= 0.3 is 0 Å². The first kappa shape index (κ1) is 16.6. The third-order valence-corrected chi connectivity index (χ3v) is 4.49. The number of aryl methyl sites for hydroxylation is 1. The lowest BCUT2D eigenvalue weighted by molar-refractivity contribution is 1.02. The van der Waals surface area contributed by atoms with E-state index in [0.29, 0.717) is 11.7 Å². The van der Waals surface area contributed by atoms with Gasteiger partial charge in [-0.05, 0) is 42.3 Å². The highest BCUT2D eigenvalue weighted by Crippen LogP contribution is 2.34.